The van der Waals surface area contributed by atoms with E-state index >= 15 is 0 Å². The molecule has 2 N–H and O–H groups in total. The van der Waals surface area contributed by atoms with Crippen LogP contribution in [0.25, 0.3) is 0 Å². The Balaban J connectivity index is 2.58. The van der Waals surface area contributed by atoms with Gasteiger partial charge in [-0.1, -0.05) is 17.7 Å². The Morgan fingerprint density at radius 3 is 2.88 bits per heavy atom. The van der Waals surface area contributed by atoms with Crippen LogP contribution in [-0.4, -0.2) is 17.6 Å². The zero-order valence-electron chi connectivity index (χ0n) is 8.84. The van der Waals surface area contributed by atoms with Crippen LogP contribution in [0.15, 0.2) is 18.2 Å². The van der Waals surface area contributed by atoms with Crippen molar-refractivity contribution in [2.45, 2.75) is 19.4 Å². The number of halogens is 2. The van der Waals surface area contributed by atoms with Crippen molar-refractivity contribution in [2.24, 2.45) is 0 Å². The van der Waals surface area contributed by atoms with Gasteiger partial charge < -0.3 is 10.4 Å². The Labute approximate surface area is 98.2 Å². The Morgan fingerprint density at radius 2 is 2.31 bits per heavy atom. The molecule has 0 aromatic heterocycles. The van der Waals surface area contributed by atoms with Crippen LogP contribution in [0.5, 0.6) is 0 Å². The summed E-state index contributed by atoms with van der Waals surface area (Å²) < 4.78 is 12.8. The number of aliphatic carboxylic acids is 1. The average Bonchev–Trinajstić information content (AvgIpc) is 2.16. The second-order valence-corrected chi connectivity index (χ2v) is 3.89. The van der Waals surface area contributed by atoms with Crippen molar-refractivity contribution in [1.82, 2.24) is 5.32 Å². The molecule has 3 nitrogen and oxygen atoms in total. The van der Waals surface area contributed by atoms with Gasteiger partial charge in [0, 0.05) is 17.6 Å². The fourth-order valence-corrected chi connectivity index (χ4v) is 1.69. The summed E-state index contributed by atoms with van der Waals surface area (Å²) in [7, 11) is 0. The van der Waals surface area contributed by atoms with Crippen molar-refractivity contribution in [3.8, 4) is 0 Å². The van der Waals surface area contributed by atoms with Crippen molar-refractivity contribution in [3.05, 3.63) is 34.6 Å². The highest BCUT2D eigenvalue weighted by atomic mass is 35.5. The van der Waals surface area contributed by atoms with Gasteiger partial charge >= 0.3 is 5.97 Å². The summed E-state index contributed by atoms with van der Waals surface area (Å²) in [6, 6.07) is 4.06. The van der Waals surface area contributed by atoms with Crippen LogP contribution in [0.2, 0.25) is 5.02 Å². The Kier molecular flexibility index (Phi) is 4.71. The molecule has 1 unspecified atom stereocenters. The first-order valence-electron chi connectivity index (χ1n) is 4.91. The van der Waals surface area contributed by atoms with Gasteiger partial charge in [0.2, 0.25) is 0 Å². The number of hydrogen-bond acceptors (Lipinski definition) is 2. The number of nitrogens with one attached hydrogen (secondary N) is 1. The van der Waals surface area contributed by atoms with E-state index in [1.165, 1.54) is 12.1 Å². The van der Waals surface area contributed by atoms with Crippen molar-refractivity contribution in [1.29, 1.82) is 0 Å². The molecule has 5 heteroatoms. The summed E-state index contributed by atoms with van der Waals surface area (Å²) in [6.45, 7) is 2.20. The molecule has 1 rings (SSSR count). The van der Waals surface area contributed by atoms with Crippen LogP contribution in [-0.2, 0) is 4.79 Å². The zero-order chi connectivity index (χ0) is 12.1. The minimum atomic E-state index is -0.857. The maximum Gasteiger partial charge on any atom is 0.304 e. The van der Waals surface area contributed by atoms with E-state index in [-0.39, 0.29) is 18.3 Å². The van der Waals surface area contributed by atoms with Gasteiger partial charge in [0.05, 0.1) is 6.42 Å². The van der Waals surface area contributed by atoms with E-state index in [2.05, 4.69) is 5.32 Å². The maximum atomic E-state index is 12.8. The van der Waals surface area contributed by atoms with Gasteiger partial charge in [0.1, 0.15) is 5.82 Å². The third kappa shape index (κ3) is 3.79. The molecule has 0 aliphatic rings. The van der Waals surface area contributed by atoms with Gasteiger partial charge in [-0.05, 0) is 24.6 Å². The number of carboxylic acids is 1. The third-order valence-corrected chi connectivity index (χ3v) is 2.55. The van der Waals surface area contributed by atoms with E-state index in [9.17, 15) is 9.18 Å². The number of carbonyl (C=O) groups is 1. The standard InChI is InChI=1S/C11H13ClFNO2/c1-7(14-5-4-11(15)16)9-3-2-8(13)6-10(9)12/h2-3,6-7,14H,4-5H2,1H3,(H,15,16). The predicted octanol–water partition coefficient (Wildman–Crippen LogP) is 2.60. The SMILES string of the molecule is CC(NCCC(=O)O)c1ccc(F)cc1Cl. The fraction of sp³-hybridized carbons (Fsp3) is 0.364. The lowest BCUT2D eigenvalue weighted by atomic mass is 10.1. The summed E-state index contributed by atoms with van der Waals surface area (Å²) >= 11 is 5.87. The molecule has 0 aliphatic heterocycles. The molecular formula is C11H13ClFNO2. The summed E-state index contributed by atoms with van der Waals surface area (Å²) in [6.07, 6.45) is 0.0448. The Hall–Kier alpha value is -1.13. The van der Waals surface area contributed by atoms with E-state index in [0.29, 0.717) is 11.6 Å². The van der Waals surface area contributed by atoms with Crippen molar-refractivity contribution >= 4 is 17.6 Å². The zero-order valence-corrected chi connectivity index (χ0v) is 9.59. The molecule has 0 aliphatic carbocycles. The topological polar surface area (TPSA) is 49.3 Å². The predicted molar refractivity (Wildman–Crippen MR) is 60.1 cm³/mol. The molecule has 88 valence electrons. The van der Waals surface area contributed by atoms with E-state index in [1.54, 1.807) is 6.07 Å². The van der Waals surface area contributed by atoms with Crippen LogP contribution in [0, 0.1) is 5.82 Å². The molecular weight excluding hydrogens is 233 g/mol. The normalized spacial score (nSPS) is 12.4. The van der Waals surface area contributed by atoms with Gasteiger partial charge in [0.15, 0.2) is 0 Å². The summed E-state index contributed by atoms with van der Waals surface area (Å²) in [5.74, 6) is -1.24. The largest absolute Gasteiger partial charge is 0.481 e. The maximum absolute atomic E-state index is 12.8. The highest BCUT2D eigenvalue weighted by molar-refractivity contribution is 6.31. The Bertz CT molecular complexity index is 384. The van der Waals surface area contributed by atoms with Gasteiger partial charge in [-0.15, -0.1) is 0 Å². The minimum Gasteiger partial charge on any atom is -0.481 e. The monoisotopic (exact) mass is 245 g/mol. The lowest BCUT2D eigenvalue weighted by Gasteiger charge is -2.14. The van der Waals surface area contributed by atoms with Gasteiger partial charge in [0.25, 0.3) is 0 Å². The third-order valence-electron chi connectivity index (χ3n) is 2.22. The smallest absolute Gasteiger partial charge is 0.304 e. The molecule has 1 atom stereocenters. The minimum absolute atomic E-state index is 0.0448. The molecule has 0 radical (unpaired) electrons. The average molecular weight is 246 g/mol. The number of hydrogen-bond donors (Lipinski definition) is 2. The van der Waals surface area contributed by atoms with Crippen LogP contribution in [0.3, 0.4) is 0 Å². The van der Waals surface area contributed by atoms with E-state index in [1.807, 2.05) is 6.92 Å². The quantitative estimate of drug-likeness (QED) is 0.838. The summed E-state index contributed by atoms with van der Waals surface area (Å²) in [5.41, 5.74) is 0.758. The van der Waals surface area contributed by atoms with Crippen molar-refractivity contribution in [2.75, 3.05) is 6.54 Å². The van der Waals surface area contributed by atoms with Crippen molar-refractivity contribution in [3.63, 3.8) is 0 Å². The molecule has 0 saturated carbocycles. The summed E-state index contributed by atoms with van der Waals surface area (Å²) in [4.78, 5) is 10.3. The molecule has 0 bridgehead atoms. The Morgan fingerprint density at radius 1 is 1.62 bits per heavy atom. The summed E-state index contributed by atoms with van der Waals surface area (Å²) in [5, 5.41) is 11.8. The van der Waals surface area contributed by atoms with E-state index in [0.717, 1.165) is 5.56 Å². The first kappa shape index (κ1) is 12.9. The second-order valence-electron chi connectivity index (χ2n) is 3.49. The van der Waals surface area contributed by atoms with Crippen molar-refractivity contribution < 1.29 is 14.3 Å². The molecule has 0 amide bonds. The fourth-order valence-electron chi connectivity index (χ4n) is 1.36. The number of benzene rings is 1. The first-order valence-corrected chi connectivity index (χ1v) is 5.28. The van der Waals surface area contributed by atoms with Gasteiger partial charge in [-0.25, -0.2) is 4.39 Å². The highest BCUT2D eigenvalue weighted by Gasteiger charge is 2.10. The van der Waals surface area contributed by atoms with Crippen LogP contribution < -0.4 is 5.32 Å². The molecule has 1 aromatic carbocycles. The molecule has 16 heavy (non-hydrogen) atoms. The van der Waals surface area contributed by atoms with E-state index in [4.69, 9.17) is 16.7 Å². The number of carboxylic acid groups (broad SMARTS) is 1. The second kappa shape index (κ2) is 5.82. The lowest BCUT2D eigenvalue weighted by molar-refractivity contribution is -0.136. The molecule has 1 aromatic rings. The lowest BCUT2D eigenvalue weighted by Crippen LogP contribution is -2.22. The van der Waals surface area contributed by atoms with Gasteiger partial charge in [-0.2, -0.15) is 0 Å². The van der Waals surface area contributed by atoms with Gasteiger partial charge in [-0.3, -0.25) is 4.79 Å². The van der Waals surface area contributed by atoms with Crippen LogP contribution in [0.4, 0.5) is 4.39 Å². The first-order chi connectivity index (χ1) is 7.50. The highest BCUT2D eigenvalue weighted by Crippen LogP contribution is 2.23. The molecule has 0 saturated heterocycles. The number of rotatable bonds is 5. The molecule has 0 heterocycles. The molecule has 0 spiro atoms. The van der Waals surface area contributed by atoms with E-state index < -0.39 is 5.97 Å². The molecule has 0 fully saturated rings. The van der Waals surface area contributed by atoms with Crippen LogP contribution in [0.1, 0.15) is 24.9 Å². The van der Waals surface area contributed by atoms with Crippen LogP contribution >= 0.6 is 11.6 Å².